The van der Waals surface area contributed by atoms with E-state index in [1.807, 2.05) is 45.8 Å². The maximum Gasteiger partial charge on any atom is 0.137 e. The third-order valence-electron chi connectivity index (χ3n) is 2.32. The number of fused-ring (bicyclic) bond motifs is 1. The van der Waals surface area contributed by atoms with Gasteiger partial charge in [0.05, 0.1) is 18.6 Å². The Morgan fingerprint density at radius 1 is 1.20 bits per heavy atom. The zero-order valence-electron chi connectivity index (χ0n) is 8.11. The van der Waals surface area contributed by atoms with Gasteiger partial charge in [0, 0.05) is 24.8 Å². The molecule has 3 aromatic heterocycles. The second kappa shape index (κ2) is 3.24. The molecule has 3 heterocycles. The van der Waals surface area contributed by atoms with Crippen LogP contribution in [0.5, 0.6) is 0 Å². The van der Waals surface area contributed by atoms with Crippen LogP contribution in [0, 0.1) is 0 Å². The molecule has 0 aliphatic carbocycles. The van der Waals surface area contributed by atoms with Gasteiger partial charge in [-0.15, -0.1) is 0 Å². The molecule has 4 nitrogen and oxygen atoms in total. The summed E-state index contributed by atoms with van der Waals surface area (Å²) in [6.45, 7) is 0.766. The molecule has 0 bridgehead atoms. The molecule has 0 fully saturated rings. The van der Waals surface area contributed by atoms with E-state index < -0.39 is 0 Å². The molecular formula is C11H10N4. The molecule has 3 aromatic rings. The lowest BCUT2D eigenvalue weighted by atomic mass is 10.5. The second-order valence-corrected chi connectivity index (χ2v) is 3.43. The van der Waals surface area contributed by atoms with E-state index in [2.05, 4.69) is 9.97 Å². The fourth-order valence-electron chi connectivity index (χ4n) is 1.63. The van der Waals surface area contributed by atoms with Gasteiger partial charge in [-0.25, -0.2) is 9.97 Å². The zero-order valence-corrected chi connectivity index (χ0v) is 8.11. The Morgan fingerprint density at radius 2 is 2.20 bits per heavy atom. The zero-order chi connectivity index (χ0) is 10.1. The highest BCUT2D eigenvalue weighted by molar-refractivity contribution is 5.39. The average Bonchev–Trinajstić information content (AvgIpc) is 2.86. The van der Waals surface area contributed by atoms with Crippen LogP contribution in [0.25, 0.3) is 5.65 Å². The summed E-state index contributed by atoms with van der Waals surface area (Å²) in [5, 5.41) is 0. The predicted octanol–water partition coefficient (Wildman–Crippen LogP) is 1.58. The summed E-state index contributed by atoms with van der Waals surface area (Å²) in [6.07, 6.45) is 9.54. The maximum atomic E-state index is 4.50. The van der Waals surface area contributed by atoms with Crippen molar-refractivity contribution in [1.82, 2.24) is 18.9 Å². The van der Waals surface area contributed by atoms with E-state index >= 15 is 0 Å². The van der Waals surface area contributed by atoms with Crippen molar-refractivity contribution in [2.75, 3.05) is 0 Å². The number of nitrogens with zero attached hydrogens (tertiary/aromatic N) is 4. The molecule has 3 rings (SSSR count). The fraction of sp³-hybridized carbons (Fsp3) is 0.0909. The highest BCUT2D eigenvalue weighted by Crippen LogP contribution is 2.05. The first-order chi connectivity index (χ1) is 7.42. The Bertz CT molecular complexity index is 532. The molecule has 0 aliphatic rings. The molecule has 74 valence electrons. The average molecular weight is 198 g/mol. The van der Waals surface area contributed by atoms with E-state index in [9.17, 15) is 0 Å². The molecule has 0 amide bonds. The van der Waals surface area contributed by atoms with Crippen LogP contribution in [-0.4, -0.2) is 18.9 Å². The number of aromatic nitrogens is 4. The monoisotopic (exact) mass is 198 g/mol. The smallest absolute Gasteiger partial charge is 0.137 e. The molecular weight excluding hydrogens is 188 g/mol. The quantitative estimate of drug-likeness (QED) is 0.626. The third kappa shape index (κ3) is 1.50. The Balaban J connectivity index is 1.98. The molecule has 0 atom stereocenters. The van der Waals surface area contributed by atoms with Gasteiger partial charge in [0.25, 0.3) is 0 Å². The van der Waals surface area contributed by atoms with Gasteiger partial charge < -0.3 is 8.97 Å². The summed E-state index contributed by atoms with van der Waals surface area (Å²) in [7, 11) is 0. The minimum absolute atomic E-state index is 0.766. The van der Waals surface area contributed by atoms with E-state index in [0.717, 1.165) is 17.9 Å². The van der Waals surface area contributed by atoms with Gasteiger partial charge in [0.2, 0.25) is 0 Å². The lowest BCUT2D eigenvalue weighted by Gasteiger charge is -1.95. The summed E-state index contributed by atoms with van der Waals surface area (Å²) < 4.78 is 4.02. The molecule has 0 saturated carbocycles. The number of imidazole rings is 2. The Labute approximate surface area is 86.8 Å². The van der Waals surface area contributed by atoms with Crippen LogP contribution >= 0.6 is 0 Å². The summed E-state index contributed by atoms with van der Waals surface area (Å²) >= 11 is 0. The van der Waals surface area contributed by atoms with Crippen LogP contribution in [0.1, 0.15) is 5.69 Å². The van der Waals surface area contributed by atoms with Crippen LogP contribution in [0.3, 0.4) is 0 Å². The molecule has 0 N–H and O–H groups in total. The van der Waals surface area contributed by atoms with Crippen molar-refractivity contribution in [2.45, 2.75) is 6.54 Å². The van der Waals surface area contributed by atoms with Crippen LogP contribution < -0.4 is 0 Å². The number of hydrogen-bond donors (Lipinski definition) is 0. The molecule has 4 heteroatoms. The van der Waals surface area contributed by atoms with Gasteiger partial charge in [0.1, 0.15) is 5.65 Å². The van der Waals surface area contributed by atoms with E-state index in [-0.39, 0.29) is 0 Å². The molecule has 0 unspecified atom stereocenters. The van der Waals surface area contributed by atoms with Crippen molar-refractivity contribution in [3.05, 3.63) is 55.0 Å². The van der Waals surface area contributed by atoms with Gasteiger partial charge in [-0.3, -0.25) is 0 Å². The number of pyridine rings is 1. The minimum Gasteiger partial charge on any atom is -0.331 e. The van der Waals surface area contributed by atoms with Crippen molar-refractivity contribution < 1.29 is 0 Å². The van der Waals surface area contributed by atoms with E-state index in [1.165, 1.54) is 0 Å². The molecule has 0 radical (unpaired) electrons. The first-order valence-electron chi connectivity index (χ1n) is 4.80. The third-order valence-corrected chi connectivity index (χ3v) is 2.32. The highest BCUT2D eigenvalue weighted by atomic mass is 15.1. The van der Waals surface area contributed by atoms with E-state index in [4.69, 9.17) is 0 Å². The van der Waals surface area contributed by atoms with Crippen LogP contribution in [0.4, 0.5) is 0 Å². The lowest BCUT2D eigenvalue weighted by Crippen LogP contribution is -1.95. The normalized spacial score (nSPS) is 10.9. The second-order valence-electron chi connectivity index (χ2n) is 3.43. The maximum absolute atomic E-state index is 4.50. The van der Waals surface area contributed by atoms with E-state index in [0.29, 0.717) is 0 Å². The van der Waals surface area contributed by atoms with Crippen molar-refractivity contribution >= 4 is 5.65 Å². The molecule has 0 saturated heterocycles. The van der Waals surface area contributed by atoms with E-state index in [1.54, 1.807) is 12.5 Å². The van der Waals surface area contributed by atoms with Crippen molar-refractivity contribution in [2.24, 2.45) is 0 Å². The van der Waals surface area contributed by atoms with Crippen molar-refractivity contribution in [1.29, 1.82) is 0 Å². The van der Waals surface area contributed by atoms with Gasteiger partial charge in [0.15, 0.2) is 0 Å². The highest BCUT2D eigenvalue weighted by Gasteiger charge is 2.00. The molecule has 0 aliphatic heterocycles. The summed E-state index contributed by atoms with van der Waals surface area (Å²) in [5.41, 5.74) is 2.02. The van der Waals surface area contributed by atoms with Gasteiger partial charge in [-0.1, -0.05) is 6.07 Å². The number of rotatable bonds is 2. The molecule has 15 heavy (non-hydrogen) atoms. The standard InChI is InChI=1S/C11H10N4/c1-2-5-15-8-10(13-11(15)3-1)7-14-6-4-12-9-14/h1-6,8-9H,7H2. The molecule has 0 spiro atoms. The SMILES string of the molecule is c1ccn2cc(Cn3ccnc3)nc2c1. The fourth-order valence-corrected chi connectivity index (χ4v) is 1.63. The van der Waals surface area contributed by atoms with Crippen LogP contribution in [-0.2, 0) is 6.54 Å². The summed E-state index contributed by atoms with van der Waals surface area (Å²) in [5.74, 6) is 0. The lowest BCUT2D eigenvalue weighted by molar-refractivity contribution is 0.779. The predicted molar refractivity (Wildman–Crippen MR) is 56.5 cm³/mol. The minimum atomic E-state index is 0.766. The Morgan fingerprint density at radius 3 is 3.00 bits per heavy atom. The van der Waals surface area contributed by atoms with Crippen molar-refractivity contribution in [3.8, 4) is 0 Å². The Kier molecular flexibility index (Phi) is 1.78. The number of hydrogen-bond acceptors (Lipinski definition) is 2. The first kappa shape index (κ1) is 8.23. The topological polar surface area (TPSA) is 35.1 Å². The Hall–Kier alpha value is -2.10. The van der Waals surface area contributed by atoms with Crippen LogP contribution in [0.15, 0.2) is 49.3 Å². The van der Waals surface area contributed by atoms with Gasteiger partial charge in [-0.05, 0) is 12.1 Å². The summed E-state index contributed by atoms with van der Waals surface area (Å²) in [6, 6.07) is 5.98. The van der Waals surface area contributed by atoms with Crippen LogP contribution in [0.2, 0.25) is 0 Å². The summed E-state index contributed by atoms with van der Waals surface area (Å²) in [4.78, 5) is 8.50. The first-order valence-corrected chi connectivity index (χ1v) is 4.80. The van der Waals surface area contributed by atoms with Gasteiger partial charge in [-0.2, -0.15) is 0 Å². The van der Waals surface area contributed by atoms with Gasteiger partial charge >= 0.3 is 0 Å². The molecule has 0 aromatic carbocycles. The largest absolute Gasteiger partial charge is 0.331 e. The van der Waals surface area contributed by atoms with Crippen molar-refractivity contribution in [3.63, 3.8) is 0 Å².